The van der Waals surface area contributed by atoms with Gasteiger partial charge in [-0.1, -0.05) is 36.4 Å². The number of rotatable bonds is 4. The summed E-state index contributed by atoms with van der Waals surface area (Å²) in [6.45, 7) is 3.54. The summed E-state index contributed by atoms with van der Waals surface area (Å²) in [5.41, 5.74) is 4.50. The number of hydrogen-bond donors (Lipinski definition) is 1. The Kier molecular flexibility index (Phi) is 5.11. The van der Waals surface area contributed by atoms with Crippen LogP contribution in [0.25, 0.3) is 10.9 Å². The Morgan fingerprint density at radius 2 is 1.76 bits per heavy atom. The predicted octanol–water partition coefficient (Wildman–Crippen LogP) is 4.21. The molecule has 6 rings (SSSR count). The smallest absolute Gasteiger partial charge is 0.274 e. The topological polar surface area (TPSA) is 59.3 Å². The number of piperidine rings is 1. The van der Waals surface area contributed by atoms with Gasteiger partial charge in [0.1, 0.15) is 5.69 Å². The van der Waals surface area contributed by atoms with Crippen LogP contribution in [0.4, 0.5) is 5.69 Å². The maximum atomic E-state index is 13.3. The molecule has 6 heteroatoms. The SMILES string of the molecule is Cn1cc(CN2CC3CC(C2)c2ccc(NC(=O)c4ccccc4)c(=O)n2C3)c2ccccc21. The zero-order valence-electron chi connectivity index (χ0n) is 19.3. The van der Waals surface area contributed by atoms with Crippen LogP contribution in [0.2, 0.25) is 0 Å². The molecule has 1 saturated heterocycles. The van der Waals surface area contributed by atoms with Gasteiger partial charge in [-0.2, -0.15) is 0 Å². The lowest BCUT2D eigenvalue weighted by Crippen LogP contribution is -2.47. The molecule has 1 fully saturated rings. The highest BCUT2D eigenvalue weighted by Gasteiger charge is 2.35. The Bertz CT molecular complexity index is 1440. The molecule has 1 N–H and O–H groups in total. The number of nitrogens with zero attached hydrogens (tertiary/aromatic N) is 3. The number of carbonyl (C=O) groups is 1. The number of benzene rings is 2. The predicted molar refractivity (Wildman–Crippen MR) is 134 cm³/mol. The zero-order chi connectivity index (χ0) is 23.2. The van der Waals surface area contributed by atoms with Gasteiger partial charge in [-0.3, -0.25) is 14.5 Å². The van der Waals surface area contributed by atoms with Crippen LogP contribution in [0.1, 0.15) is 34.0 Å². The summed E-state index contributed by atoms with van der Waals surface area (Å²) in [5.74, 6) is 0.503. The molecule has 0 radical (unpaired) electrons. The number of nitrogens with one attached hydrogen (secondary N) is 1. The van der Waals surface area contributed by atoms with Gasteiger partial charge in [-0.15, -0.1) is 0 Å². The number of aryl methyl sites for hydroxylation is 1. The van der Waals surface area contributed by atoms with Crippen molar-refractivity contribution in [2.75, 3.05) is 18.4 Å². The second-order valence-electron chi connectivity index (χ2n) is 9.68. The van der Waals surface area contributed by atoms with Gasteiger partial charge >= 0.3 is 0 Å². The molecule has 4 heterocycles. The zero-order valence-corrected chi connectivity index (χ0v) is 19.3. The van der Waals surface area contributed by atoms with E-state index in [2.05, 4.69) is 52.3 Å². The lowest BCUT2D eigenvalue weighted by molar-refractivity contribution is 0.102. The molecule has 4 aromatic rings. The molecule has 2 aromatic heterocycles. The fraction of sp³-hybridized carbons (Fsp3) is 0.286. The van der Waals surface area contributed by atoms with E-state index in [1.165, 1.54) is 16.5 Å². The van der Waals surface area contributed by atoms with Crippen LogP contribution in [0.3, 0.4) is 0 Å². The summed E-state index contributed by atoms with van der Waals surface area (Å²) < 4.78 is 4.10. The van der Waals surface area contributed by atoms with Crippen molar-refractivity contribution in [2.24, 2.45) is 13.0 Å². The molecular formula is C28H28N4O2. The first kappa shape index (κ1) is 20.9. The Labute approximate surface area is 198 Å². The van der Waals surface area contributed by atoms with Crippen LogP contribution >= 0.6 is 0 Å². The van der Waals surface area contributed by atoms with Gasteiger partial charge in [0, 0.05) is 67.5 Å². The van der Waals surface area contributed by atoms with Crippen molar-refractivity contribution in [3.8, 4) is 0 Å². The van der Waals surface area contributed by atoms with Crippen LogP contribution in [-0.2, 0) is 20.1 Å². The molecule has 2 aromatic carbocycles. The minimum absolute atomic E-state index is 0.0982. The van der Waals surface area contributed by atoms with Gasteiger partial charge in [-0.05, 0) is 48.2 Å². The Hall–Kier alpha value is -3.64. The van der Waals surface area contributed by atoms with Crippen molar-refractivity contribution in [1.29, 1.82) is 0 Å². The minimum atomic E-state index is -0.254. The fourth-order valence-corrected chi connectivity index (χ4v) is 5.85. The number of fused-ring (bicyclic) bond motifs is 5. The van der Waals surface area contributed by atoms with Gasteiger partial charge in [0.05, 0.1) is 0 Å². The van der Waals surface area contributed by atoms with Crippen molar-refractivity contribution >= 4 is 22.5 Å². The van der Waals surface area contributed by atoms with Gasteiger partial charge in [-0.25, -0.2) is 0 Å². The second-order valence-corrected chi connectivity index (χ2v) is 9.68. The van der Waals surface area contributed by atoms with E-state index >= 15 is 0 Å². The van der Waals surface area contributed by atoms with Crippen molar-refractivity contribution in [3.05, 3.63) is 100 Å². The summed E-state index contributed by atoms with van der Waals surface area (Å²) in [5, 5.41) is 4.13. The molecule has 2 atom stereocenters. The molecule has 2 bridgehead atoms. The van der Waals surface area contributed by atoms with E-state index in [0.717, 1.165) is 31.7 Å². The average molecular weight is 453 g/mol. The molecule has 2 aliphatic heterocycles. The second kappa shape index (κ2) is 8.29. The molecule has 6 nitrogen and oxygen atoms in total. The third kappa shape index (κ3) is 3.64. The Balaban J connectivity index is 1.23. The summed E-state index contributed by atoms with van der Waals surface area (Å²) in [6, 6.07) is 21.4. The maximum absolute atomic E-state index is 13.3. The van der Waals surface area contributed by atoms with Crippen molar-refractivity contribution in [2.45, 2.75) is 25.4 Å². The third-order valence-electron chi connectivity index (χ3n) is 7.34. The van der Waals surface area contributed by atoms with Crippen molar-refractivity contribution < 1.29 is 4.79 Å². The molecule has 172 valence electrons. The summed E-state index contributed by atoms with van der Waals surface area (Å²) in [6.07, 6.45) is 3.36. The molecule has 1 amide bonds. The van der Waals surface area contributed by atoms with Crippen LogP contribution in [0, 0.1) is 5.92 Å². The van der Waals surface area contributed by atoms with E-state index < -0.39 is 0 Å². The number of pyridine rings is 1. The lowest BCUT2D eigenvalue weighted by atomic mass is 9.83. The number of hydrogen-bond acceptors (Lipinski definition) is 3. The summed E-state index contributed by atoms with van der Waals surface area (Å²) in [7, 11) is 2.10. The van der Waals surface area contributed by atoms with Crippen molar-refractivity contribution in [3.63, 3.8) is 0 Å². The number of likely N-dealkylation sites (tertiary alicyclic amines) is 1. The molecular weight excluding hydrogens is 424 g/mol. The van der Waals surface area contributed by atoms with E-state index in [4.69, 9.17) is 0 Å². The summed E-state index contributed by atoms with van der Waals surface area (Å²) >= 11 is 0. The van der Waals surface area contributed by atoms with E-state index in [1.54, 1.807) is 18.2 Å². The Morgan fingerprint density at radius 3 is 2.62 bits per heavy atom. The van der Waals surface area contributed by atoms with Gasteiger partial charge in [0.15, 0.2) is 0 Å². The molecule has 0 spiro atoms. The van der Waals surface area contributed by atoms with E-state index in [1.807, 2.05) is 28.8 Å². The number of carbonyl (C=O) groups excluding carboxylic acids is 1. The largest absolute Gasteiger partial charge is 0.350 e. The van der Waals surface area contributed by atoms with Crippen molar-refractivity contribution in [1.82, 2.24) is 14.0 Å². The Morgan fingerprint density at radius 1 is 0.971 bits per heavy atom. The van der Waals surface area contributed by atoms with E-state index in [9.17, 15) is 9.59 Å². The van der Waals surface area contributed by atoms with E-state index in [-0.39, 0.29) is 11.5 Å². The molecule has 34 heavy (non-hydrogen) atoms. The normalized spacial score (nSPS) is 19.7. The molecule has 0 saturated carbocycles. The number of amides is 1. The standard InChI is InChI=1S/C28H28N4O2/c1-30-16-22(23-9-5-6-10-26(23)30)18-31-14-19-13-21(17-31)25-12-11-24(28(34)32(25)15-19)29-27(33)20-7-3-2-4-8-20/h2-12,16,19,21H,13-15,17-18H2,1H3,(H,29,33). The number of aromatic nitrogens is 2. The molecule has 0 aliphatic carbocycles. The minimum Gasteiger partial charge on any atom is -0.350 e. The fourth-order valence-electron chi connectivity index (χ4n) is 5.85. The van der Waals surface area contributed by atoms with E-state index in [0.29, 0.717) is 29.6 Å². The van der Waals surface area contributed by atoms with Gasteiger partial charge < -0.3 is 14.5 Å². The monoisotopic (exact) mass is 452 g/mol. The third-order valence-corrected chi connectivity index (χ3v) is 7.34. The highest BCUT2D eigenvalue weighted by Crippen LogP contribution is 2.36. The lowest BCUT2D eigenvalue weighted by Gasteiger charge is -2.43. The summed E-state index contributed by atoms with van der Waals surface area (Å²) in [4.78, 5) is 28.4. The van der Waals surface area contributed by atoms with Crippen LogP contribution < -0.4 is 10.9 Å². The first-order valence-electron chi connectivity index (χ1n) is 11.9. The van der Waals surface area contributed by atoms with Gasteiger partial charge in [0.25, 0.3) is 11.5 Å². The maximum Gasteiger partial charge on any atom is 0.274 e. The highest BCUT2D eigenvalue weighted by molar-refractivity contribution is 6.04. The molecule has 2 unspecified atom stereocenters. The number of anilines is 1. The van der Waals surface area contributed by atoms with Crippen LogP contribution in [0.15, 0.2) is 77.7 Å². The quantitative estimate of drug-likeness (QED) is 0.505. The average Bonchev–Trinajstić information content (AvgIpc) is 3.17. The number of para-hydroxylation sites is 1. The first-order chi connectivity index (χ1) is 16.6. The highest BCUT2D eigenvalue weighted by atomic mass is 16.2. The molecule has 2 aliphatic rings. The van der Waals surface area contributed by atoms with Crippen LogP contribution in [0.5, 0.6) is 0 Å². The first-order valence-corrected chi connectivity index (χ1v) is 11.9. The van der Waals surface area contributed by atoms with Crippen LogP contribution in [-0.4, -0.2) is 33.0 Å². The van der Waals surface area contributed by atoms with Gasteiger partial charge in [0.2, 0.25) is 0 Å².